The second kappa shape index (κ2) is 5.52. The second-order valence-corrected chi connectivity index (χ2v) is 5.08. The molecule has 0 atom stereocenters. The molecule has 0 saturated heterocycles. The van der Waals surface area contributed by atoms with Gasteiger partial charge in [-0.15, -0.1) is 13.2 Å². The van der Waals surface area contributed by atoms with Gasteiger partial charge in [-0.1, -0.05) is 12.2 Å². The summed E-state index contributed by atoms with van der Waals surface area (Å²) >= 11 is 0. The quantitative estimate of drug-likeness (QED) is 0.457. The first-order chi connectivity index (χ1) is 10.0. The molecule has 0 N–H and O–H groups in total. The molecule has 21 heavy (non-hydrogen) atoms. The predicted octanol–water partition coefficient (Wildman–Crippen LogP) is 3.35. The van der Waals surface area contributed by atoms with Crippen molar-refractivity contribution in [1.82, 2.24) is 0 Å². The Balaban J connectivity index is 2.71. The van der Waals surface area contributed by atoms with Crippen molar-refractivity contribution in [1.29, 1.82) is 0 Å². The molecule has 1 aromatic rings. The molecule has 5 nitrogen and oxygen atoms in total. The van der Waals surface area contributed by atoms with Gasteiger partial charge in [0.25, 0.3) is 5.69 Å². The van der Waals surface area contributed by atoms with Crippen LogP contribution < -0.4 is 4.90 Å². The van der Waals surface area contributed by atoms with Crippen LogP contribution in [0.15, 0.2) is 43.5 Å². The van der Waals surface area contributed by atoms with Crippen LogP contribution in [-0.4, -0.2) is 17.4 Å². The molecule has 1 aliphatic heterocycles. The molecule has 1 amide bonds. The molecule has 1 aromatic carbocycles. The molecule has 2 rings (SSSR count). The van der Waals surface area contributed by atoms with Crippen LogP contribution in [0.5, 0.6) is 0 Å². The highest BCUT2D eigenvalue weighted by Crippen LogP contribution is 2.47. The van der Waals surface area contributed by atoms with Crippen molar-refractivity contribution < 1.29 is 9.72 Å². The summed E-state index contributed by atoms with van der Waals surface area (Å²) in [5.74, 6) is -0.0414. The van der Waals surface area contributed by atoms with E-state index >= 15 is 0 Å². The number of rotatable bonds is 6. The van der Waals surface area contributed by atoms with Crippen molar-refractivity contribution in [2.24, 2.45) is 0 Å². The molecular formula is C16H18N2O3. The maximum atomic E-state index is 12.8. The van der Waals surface area contributed by atoms with Gasteiger partial charge in [0, 0.05) is 24.4 Å². The molecule has 0 saturated carbocycles. The lowest BCUT2D eigenvalue weighted by Gasteiger charge is -2.26. The average Bonchev–Trinajstić information content (AvgIpc) is 2.68. The maximum Gasteiger partial charge on any atom is 0.269 e. The third-order valence-corrected chi connectivity index (χ3v) is 3.95. The van der Waals surface area contributed by atoms with Gasteiger partial charge in [-0.05, 0) is 31.4 Å². The van der Waals surface area contributed by atoms with Gasteiger partial charge in [-0.25, -0.2) is 0 Å². The summed E-state index contributed by atoms with van der Waals surface area (Å²) in [6.07, 6.45) is 4.23. The zero-order valence-electron chi connectivity index (χ0n) is 12.0. The molecule has 0 aliphatic carbocycles. The highest BCUT2D eigenvalue weighted by molar-refractivity contribution is 6.08. The number of benzene rings is 1. The number of non-ortho nitro benzene ring substituents is 1. The molecule has 1 heterocycles. The number of anilines is 1. The summed E-state index contributed by atoms with van der Waals surface area (Å²) in [5, 5.41) is 11.0. The maximum absolute atomic E-state index is 12.8. The lowest BCUT2D eigenvalue weighted by Crippen LogP contribution is -2.39. The molecule has 0 fully saturated rings. The minimum absolute atomic E-state index is 0.00278. The molecule has 0 unspecified atom stereocenters. The van der Waals surface area contributed by atoms with E-state index in [4.69, 9.17) is 0 Å². The van der Waals surface area contributed by atoms with Gasteiger partial charge in [0.2, 0.25) is 5.91 Å². The average molecular weight is 286 g/mol. The highest BCUT2D eigenvalue weighted by atomic mass is 16.6. The first kappa shape index (κ1) is 15.0. The topological polar surface area (TPSA) is 63.5 Å². The minimum atomic E-state index is -0.819. The van der Waals surface area contributed by atoms with E-state index in [0.29, 0.717) is 24.9 Å². The Hall–Kier alpha value is -2.43. The zero-order valence-corrected chi connectivity index (χ0v) is 12.0. The molecule has 1 aliphatic rings. The standard InChI is InChI=1S/C16H18N2O3/c1-4-9-16(10-5-2)13-11-12(18(20)21)7-8-14(13)17(6-3)15(16)19/h4-5,7-8,11H,1-2,6,9-10H2,3H3. The Morgan fingerprint density at radius 3 is 2.43 bits per heavy atom. The largest absolute Gasteiger partial charge is 0.312 e. The van der Waals surface area contributed by atoms with Gasteiger partial charge in [-0.2, -0.15) is 0 Å². The lowest BCUT2D eigenvalue weighted by atomic mass is 9.75. The first-order valence-corrected chi connectivity index (χ1v) is 6.84. The number of hydrogen-bond donors (Lipinski definition) is 0. The number of hydrogen-bond acceptors (Lipinski definition) is 3. The number of allylic oxidation sites excluding steroid dienone is 2. The summed E-state index contributed by atoms with van der Waals surface area (Å²) in [6, 6.07) is 4.60. The van der Waals surface area contributed by atoms with Crippen LogP contribution in [0.2, 0.25) is 0 Å². The molecular weight excluding hydrogens is 268 g/mol. The van der Waals surface area contributed by atoms with Gasteiger partial charge in [0.15, 0.2) is 0 Å². The number of nitrogens with zero attached hydrogens (tertiary/aromatic N) is 2. The SMILES string of the molecule is C=CCC1(CC=C)C(=O)N(CC)c2ccc([N+](=O)[O-])cc21. The number of amides is 1. The molecule has 0 spiro atoms. The van der Waals surface area contributed by atoms with Crippen LogP contribution in [0.3, 0.4) is 0 Å². The second-order valence-electron chi connectivity index (χ2n) is 5.08. The van der Waals surface area contributed by atoms with Crippen LogP contribution in [0, 0.1) is 10.1 Å². The molecule has 0 radical (unpaired) electrons. The van der Waals surface area contributed by atoms with Crippen molar-refractivity contribution in [2.45, 2.75) is 25.2 Å². The van der Waals surface area contributed by atoms with Gasteiger partial charge in [0.05, 0.1) is 10.3 Å². The first-order valence-electron chi connectivity index (χ1n) is 6.84. The zero-order chi connectivity index (χ0) is 15.6. The lowest BCUT2D eigenvalue weighted by molar-refractivity contribution is -0.384. The number of fused-ring (bicyclic) bond motifs is 1. The monoisotopic (exact) mass is 286 g/mol. The Labute approximate surface area is 123 Å². The van der Waals surface area contributed by atoms with Gasteiger partial charge in [0.1, 0.15) is 0 Å². The van der Waals surface area contributed by atoms with Crippen molar-refractivity contribution in [3.05, 3.63) is 59.2 Å². The normalized spacial score (nSPS) is 15.7. The van der Waals surface area contributed by atoms with Crippen molar-refractivity contribution >= 4 is 17.3 Å². The fourth-order valence-electron chi connectivity index (χ4n) is 3.02. The Kier molecular flexibility index (Phi) is 3.93. The van der Waals surface area contributed by atoms with Crippen LogP contribution >= 0.6 is 0 Å². The summed E-state index contributed by atoms with van der Waals surface area (Å²) in [4.78, 5) is 25.1. The van der Waals surface area contributed by atoms with Crippen molar-refractivity contribution in [3.63, 3.8) is 0 Å². The van der Waals surface area contributed by atoms with Crippen LogP contribution in [0.25, 0.3) is 0 Å². The molecule has 5 heteroatoms. The van der Waals surface area contributed by atoms with Crippen LogP contribution in [0.1, 0.15) is 25.3 Å². The smallest absolute Gasteiger partial charge is 0.269 e. The third-order valence-electron chi connectivity index (χ3n) is 3.95. The van der Waals surface area contributed by atoms with Crippen molar-refractivity contribution in [2.75, 3.05) is 11.4 Å². The van der Waals surface area contributed by atoms with E-state index < -0.39 is 10.3 Å². The fraction of sp³-hybridized carbons (Fsp3) is 0.312. The summed E-state index contributed by atoms with van der Waals surface area (Å²) in [6.45, 7) is 9.87. The number of nitro groups is 1. The van der Waals surface area contributed by atoms with E-state index in [-0.39, 0.29) is 11.6 Å². The third kappa shape index (κ3) is 2.14. The number of carbonyl (C=O) groups is 1. The minimum Gasteiger partial charge on any atom is -0.312 e. The van der Waals surface area contributed by atoms with E-state index in [1.807, 2.05) is 6.92 Å². The summed E-state index contributed by atoms with van der Waals surface area (Å²) in [7, 11) is 0. The highest BCUT2D eigenvalue weighted by Gasteiger charge is 2.49. The molecule has 110 valence electrons. The van der Waals surface area contributed by atoms with Crippen molar-refractivity contribution in [3.8, 4) is 0 Å². The fourth-order valence-corrected chi connectivity index (χ4v) is 3.02. The molecule has 0 aromatic heterocycles. The summed E-state index contributed by atoms with van der Waals surface area (Å²) in [5.41, 5.74) is 0.623. The van der Waals surface area contributed by atoms with Crippen LogP contribution in [0.4, 0.5) is 11.4 Å². The Bertz CT molecular complexity index is 612. The van der Waals surface area contributed by atoms with Gasteiger partial charge in [-0.3, -0.25) is 14.9 Å². The Morgan fingerprint density at radius 2 is 1.95 bits per heavy atom. The molecule has 0 bridgehead atoms. The van der Waals surface area contributed by atoms with Gasteiger partial charge < -0.3 is 4.90 Å². The summed E-state index contributed by atoms with van der Waals surface area (Å²) < 4.78 is 0. The van der Waals surface area contributed by atoms with Crippen LogP contribution in [-0.2, 0) is 10.2 Å². The number of likely N-dealkylation sites (N-methyl/N-ethyl adjacent to an activating group) is 1. The number of carbonyl (C=O) groups excluding carboxylic acids is 1. The predicted molar refractivity (Wildman–Crippen MR) is 82.4 cm³/mol. The van der Waals surface area contributed by atoms with E-state index in [1.54, 1.807) is 23.1 Å². The Morgan fingerprint density at radius 1 is 1.33 bits per heavy atom. The van der Waals surface area contributed by atoms with Gasteiger partial charge >= 0.3 is 0 Å². The number of nitro benzene ring substituents is 1. The van der Waals surface area contributed by atoms with E-state index in [2.05, 4.69) is 13.2 Å². The van der Waals surface area contributed by atoms with E-state index in [0.717, 1.165) is 5.69 Å². The van der Waals surface area contributed by atoms with E-state index in [9.17, 15) is 14.9 Å². The van der Waals surface area contributed by atoms with E-state index in [1.165, 1.54) is 12.1 Å².